The van der Waals surface area contributed by atoms with Crippen molar-refractivity contribution in [3.63, 3.8) is 0 Å². The highest BCUT2D eigenvalue weighted by molar-refractivity contribution is 5.94. The van der Waals surface area contributed by atoms with Crippen LogP contribution in [-0.4, -0.2) is 40.1 Å². The zero-order valence-electron chi connectivity index (χ0n) is 16.0. The lowest BCUT2D eigenvalue weighted by atomic mass is 9.87. The van der Waals surface area contributed by atoms with Crippen LogP contribution in [0.5, 0.6) is 5.75 Å². The Morgan fingerprint density at radius 3 is 2.46 bits per heavy atom. The molecule has 1 unspecified atom stereocenters. The highest BCUT2D eigenvalue weighted by Gasteiger charge is 2.13. The first kappa shape index (κ1) is 19.8. The fourth-order valence-electron chi connectivity index (χ4n) is 2.41. The van der Waals surface area contributed by atoms with E-state index in [0.717, 1.165) is 5.75 Å². The average molecular weight is 357 g/mol. The number of nitrogens with one attached hydrogen (secondary N) is 1. The number of hydrogen-bond donors (Lipinski definition) is 2. The molecule has 2 rings (SSSR count). The van der Waals surface area contributed by atoms with Crippen LogP contribution < -0.4 is 10.1 Å². The number of anilines is 1. The van der Waals surface area contributed by atoms with E-state index in [2.05, 4.69) is 36.1 Å². The van der Waals surface area contributed by atoms with Crippen LogP contribution in [0.2, 0.25) is 0 Å². The molecule has 2 N–H and O–H groups in total. The van der Waals surface area contributed by atoms with Gasteiger partial charge in [-0.1, -0.05) is 32.9 Å². The van der Waals surface area contributed by atoms with Gasteiger partial charge in [-0.15, -0.1) is 0 Å². The summed E-state index contributed by atoms with van der Waals surface area (Å²) >= 11 is 0. The molecule has 0 bridgehead atoms. The topological polar surface area (TPSA) is 84.3 Å². The van der Waals surface area contributed by atoms with E-state index in [4.69, 9.17) is 4.74 Å². The first-order valence-corrected chi connectivity index (χ1v) is 8.66. The fraction of sp³-hybridized carbons (Fsp3) is 0.450. The van der Waals surface area contributed by atoms with E-state index in [0.29, 0.717) is 17.2 Å². The molecule has 0 aliphatic carbocycles. The summed E-state index contributed by atoms with van der Waals surface area (Å²) in [6.07, 6.45) is 0.779. The number of aryl methyl sites for hydroxylation is 1. The number of Topliss-reactive ketones (excluding diaryl/α,β-unsaturated/α-hetero) is 1. The van der Waals surface area contributed by atoms with Crippen molar-refractivity contribution in [1.29, 1.82) is 0 Å². The second-order valence-electron chi connectivity index (χ2n) is 7.37. The van der Waals surface area contributed by atoms with Gasteiger partial charge in [-0.2, -0.15) is 0 Å². The van der Waals surface area contributed by atoms with Crippen LogP contribution in [0.3, 0.4) is 0 Å². The van der Waals surface area contributed by atoms with Gasteiger partial charge in [-0.05, 0) is 37.0 Å². The van der Waals surface area contributed by atoms with E-state index in [1.807, 2.05) is 24.3 Å². The summed E-state index contributed by atoms with van der Waals surface area (Å²) in [7, 11) is 0. The molecule has 6 heteroatoms. The first-order valence-electron chi connectivity index (χ1n) is 8.66. The molecule has 0 saturated heterocycles. The minimum absolute atomic E-state index is 0.0695. The van der Waals surface area contributed by atoms with Gasteiger partial charge in [0.25, 0.3) is 0 Å². The van der Waals surface area contributed by atoms with E-state index < -0.39 is 6.10 Å². The highest BCUT2D eigenvalue weighted by Crippen LogP contribution is 2.24. The van der Waals surface area contributed by atoms with Crippen molar-refractivity contribution < 1.29 is 14.6 Å². The summed E-state index contributed by atoms with van der Waals surface area (Å²) in [5.74, 6) is 1.02. The van der Waals surface area contributed by atoms with Crippen molar-refractivity contribution in [1.82, 2.24) is 9.97 Å². The largest absolute Gasteiger partial charge is 0.491 e. The van der Waals surface area contributed by atoms with E-state index in [-0.39, 0.29) is 24.3 Å². The van der Waals surface area contributed by atoms with Gasteiger partial charge in [0.2, 0.25) is 5.95 Å². The maximum Gasteiger partial charge on any atom is 0.222 e. The SMILES string of the molecule is CC(=O)c1cnc(NCC(O)COc2ccc(C(C)(C)C)cc2)nc1C. The molecule has 1 heterocycles. The molecular weight excluding hydrogens is 330 g/mol. The number of aromatic nitrogens is 2. The molecule has 0 fully saturated rings. The molecule has 1 atom stereocenters. The lowest BCUT2D eigenvalue weighted by molar-refractivity contribution is 0.101. The lowest BCUT2D eigenvalue weighted by Gasteiger charge is -2.19. The number of carbonyl (C=O) groups is 1. The Labute approximate surface area is 154 Å². The van der Waals surface area contributed by atoms with E-state index >= 15 is 0 Å². The van der Waals surface area contributed by atoms with Crippen molar-refractivity contribution in [3.05, 3.63) is 47.3 Å². The molecule has 1 aromatic heterocycles. The second-order valence-corrected chi connectivity index (χ2v) is 7.37. The van der Waals surface area contributed by atoms with E-state index in [1.54, 1.807) is 6.92 Å². The number of ketones is 1. The van der Waals surface area contributed by atoms with Crippen LogP contribution in [0.4, 0.5) is 5.95 Å². The van der Waals surface area contributed by atoms with Gasteiger partial charge in [-0.25, -0.2) is 9.97 Å². The molecule has 1 aromatic carbocycles. The maximum absolute atomic E-state index is 11.4. The number of rotatable bonds is 7. The van der Waals surface area contributed by atoms with E-state index in [1.165, 1.54) is 18.7 Å². The predicted octanol–water partition coefficient (Wildman–Crippen LogP) is 3.14. The van der Waals surface area contributed by atoms with Crippen LogP contribution in [0.25, 0.3) is 0 Å². The summed E-state index contributed by atoms with van der Waals surface area (Å²) in [4.78, 5) is 19.7. The molecular formula is C20H27N3O3. The van der Waals surface area contributed by atoms with Crippen LogP contribution >= 0.6 is 0 Å². The van der Waals surface area contributed by atoms with Gasteiger partial charge in [0, 0.05) is 12.7 Å². The number of benzene rings is 1. The molecule has 0 spiro atoms. The van der Waals surface area contributed by atoms with Gasteiger partial charge >= 0.3 is 0 Å². The van der Waals surface area contributed by atoms with Crippen molar-refractivity contribution >= 4 is 11.7 Å². The third-order valence-electron chi connectivity index (χ3n) is 4.02. The Morgan fingerprint density at radius 1 is 1.27 bits per heavy atom. The van der Waals surface area contributed by atoms with Crippen LogP contribution in [0, 0.1) is 6.92 Å². The Hall–Kier alpha value is -2.47. The van der Waals surface area contributed by atoms with Crippen LogP contribution in [-0.2, 0) is 5.41 Å². The third kappa shape index (κ3) is 5.52. The van der Waals surface area contributed by atoms with Crippen LogP contribution in [0.1, 0.15) is 49.3 Å². The zero-order valence-corrected chi connectivity index (χ0v) is 16.0. The van der Waals surface area contributed by atoms with Gasteiger partial charge in [0.1, 0.15) is 18.5 Å². The van der Waals surface area contributed by atoms with Gasteiger partial charge < -0.3 is 15.2 Å². The first-order chi connectivity index (χ1) is 12.2. The molecule has 0 saturated carbocycles. The molecule has 0 aliphatic heterocycles. The Balaban J connectivity index is 1.83. The van der Waals surface area contributed by atoms with Crippen molar-refractivity contribution in [2.75, 3.05) is 18.5 Å². The highest BCUT2D eigenvalue weighted by atomic mass is 16.5. The summed E-state index contributed by atoms with van der Waals surface area (Å²) in [6, 6.07) is 7.89. The number of nitrogens with zero attached hydrogens (tertiary/aromatic N) is 2. The fourth-order valence-corrected chi connectivity index (χ4v) is 2.41. The quantitative estimate of drug-likeness (QED) is 0.741. The summed E-state index contributed by atoms with van der Waals surface area (Å²) in [5, 5.41) is 13.0. The number of aliphatic hydroxyl groups excluding tert-OH is 1. The van der Waals surface area contributed by atoms with Crippen molar-refractivity contribution in [3.8, 4) is 5.75 Å². The molecule has 6 nitrogen and oxygen atoms in total. The molecule has 0 aliphatic rings. The van der Waals surface area contributed by atoms with Gasteiger partial charge in [0.15, 0.2) is 5.78 Å². The smallest absolute Gasteiger partial charge is 0.222 e. The van der Waals surface area contributed by atoms with Gasteiger partial charge in [0.05, 0.1) is 11.3 Å². The average Bonchev–Trinajstić information content (AvgIpc) is 2.57. The van der Waals surface area contributed by atoms with Crippen molar-refractivity contribution in [2.24, 2.45) is 0 Å². The standard InChI is InChI=1S/C20H27N3O3/c1-13-18(14(2)24)11-22-19(23-13)21-10-16(25)12-26-17-8-6-15(7-9-17)20(3,4)5/h6-9,11,16,25H,10,12H2,1-5H3,(H,21,22,23). The van der Waals surface area contributed by atoms with Crippen molar-refractivity contribution in [2.45, 2.75) is 46.1 Å². The van der Waals surface area contributed by atoms with Crippen LogP contribution in [0.15, 0.2) is 30.5 Å². The zero-order chi connectivity index (χ0) is 19.3. The number of aliphatic hydroxyl groups is 1. The summed E-state index contributed by atoms with van der Waals surface area (Å²) in [6.45, 7) is 10.1. The number of carbonyl (C=O) groups excluding carboxylic acids is 1. The van der Waals surface area contributed by atoms with E-state index in [9.17, 15) is 9.90 Å². The third-order valence-corrected chi connectivity index (χ3v) is 4.02. The second kappa shape index (κ2) is 8.27. The Bertz CT molecular complexity index is 752. The predicted molar refractivity (Wildman–Crippen MR) is 102 cm³/mol. The molecule has 0 radical (unpaired) electrons. The minimum atomic E-state index is -0.714. The minimum Gasteiger partial charge on any atom is -0.491 e. The molecule has 26 heavy (non-hydrogen) atoms. The molecule has 0 amide bonds. The molecule has 2 aromatic rings. The normalized spacial score (nSPS) is 12.5. The Morgan fingerprint density at radius 2 is 1.92 bits per heavy atom. The number of hydrogen-bond acceptors (Lipinski definition) is 6. The number of ether oxygens (including phenoxy) is 1. The van der Waals surface area contributed by atoms with Gasteiger partial charge in [-0.3, -0.25) is 4.79 Å². The summed E-state index contributed by atoms with van der Waals surface area (Å²) < 4.78 is 5.62. The summed E-state index contributed by atoms with van der Waals surface area (Å²) in [5.41, 5.74) is 2.43. The molecule has 140 valence electrons. The lowest BCUT2D eigenvalue weighted by Crippen LogP contribution is -2.27. The maximum atomic E-state index is 11.4. The monoisotopic (exact) mass is 357 g/mol. The Kier molecular flexibility index (Phi) is 6.32.